The van der Waals surface area contributed by atoms with E-state index in [4.69, 9.17) is 0 Å². The number of ether oxygens (including phenoxy) is 1. The summed E-state index contributed by atoms with van der Waals surface area (Å²) in [4.78, 5) is 33.1. The van der Waals surface area contributed by atoms with Gasteiger partial charge in [0.15, 0.2) is 9.84 Å². The van der Waals surface area contributed by atoms with Crippen molar-refractivity contribution in [2.24, 2.45) is 0 Å². The Labute approximate surface area is 157 Å². The first-order chi connectivity index (χ1) is 12.4. The van der Waals surface area contributed by atoms with Crippen LogP contribution in [0.4, 0.5) is 4.79 Å². The van der Waals surface area contributed by atoms with Crippen LogP contribution in [0, 0.1) is 0 Å². The number of amides is 3. The minimum Gasteiger partial charge on any atom is -0.467 e. The molecule has 0 radical (unpaired) electrons. The summed E-state index contributed by atoms with van der Waals surface area (Å²) in [6.45, 7) is 0.0949. The van der Waals surface area contributed by atoms with Gasteiger partial charge in [-0.2, -0.15) is 11.8 Å². The summed E-state index contributed by atoms with van der Waals surface area (Å²) < 4.78 is 27.6. The number of carbonyl (C=O) groups excluding carboxylic acids is 3. The topological polar surface area (TPSA) is 131 Å². The van der Waals surface area contributed by atoms with Crippen LogP contribution < -0.4 is 16.0 Å². The number of hydrogen-bond acceptors (Lipinski definition) is 7. The number of carbonyl (C=O) groups is 3. The maximum absolute atomic E-state index is 11.8. The number of fused-ring (bicyclic) bond motifs is 1. The monoisotopic (exact) mass is 407 g/mol. The van der Waals surface area contributed by atoms with E-state index < -0.39 is 9.84 Å². The molecule has 11 heteroatoms. The molecule has 9 nitrogen and oxygen atoms in total. The molecule has 2 aliphatic rings. The van der Waals surface area contributed by atoms with E-state index in [-0.39, 0.29) is 55.2 Å². The summed E-state index contributed by atoms with van der Waals surface area (Å²) >= 11 is 1.84. The van der Waals surface area contributed by atoms with E-state index in [1.165, 1.54) is 0 Å². The van der Waals surface area contributed by atoms with Crippen LogP contribution in [0.15, 0.2) is 0 Å². The fourth-order valence-corrected chi connectivity index (χ4v) is 5.54. The van der Waals surface area contributed by atoms with Gasteiger partial charge in [-0.25, -0.2) is 13.2 Å². The van der Waals surface area contributed by atoms with Crippen LogP contribution in [0.3, 0.4) is 0 Å². The largest absolute Gasteiger partial charge is 0.467 e. The van der Waals surface area contributed by atoms with Crippen molar-refractivity contribution in [3.8, 4) is 0 Å². The zero-order chi connectivity index (χ0) is 19.0. The van der Waals surface area contributed by atoms with Gasteiger partial charge in [0, 0.05) is 24.0 Å². The number of nitrogens with one attached hydrogen (secondary N) is 3. The summed E-state index contributed by atoms with van der Waals surface area (Å²) in [6, 6.07) is 0.284. The molecule has 0 aromatic heterocycles. The van der Waals surface area contributed by atoms with E-state index in [9.17, 15) is 22.8 Å². The average Bonchev–Trinajstić information content (AvgIpc) is 3.11. The smallest absolute Gasteiger partial charge is 0.315 e. The first-order valence-electron chi connectivity index (χ1n) is 8.62. The van der Waals surface area contributed by atoms with Crippen LogP contribution >= 0.6 is 11.8 Å². The number of hydrogen-bond donors (Lipinski definition) is 3. The molecule has 3 atom stereocenters. The summed E-state index contributed by atoms with van der Waals surface area (Å²) in [5.74, 6) is 0.335. The predicted molar refractivity (Wildman–Crippen MR) is 97.6 cm³/mol. The molecule has 0 spiro atoms. The fraction of sp³-hybridized carbons (Fsp3) is 0.800. The van der Waals surface area contributed by atoms with Gasteiger partial charge >= 0.3 is 6.03 Å². The van der Waals surface area contributed by atoms with Gasteiger partial charge in [0.2, 0.25) is 5.91 Å². The molecule has 2 aliphatic heterocycles. The Kier molecular flexibility index (Phi) is 8.01. The lowest BCUT2D eigenvalue weighted by atomic mass is 10.0. The highest BCUT2D eigenvalue weighted by atomic mass is 32.2. The Bertz CT molecular complexity index is 613. The van der Waals surface area contributed by atoms with Gasteiger partial charge in [-0.1, -0.05) is 6.42 Å². The summed E-state index contributed by atoms with van der Waals surface area (Å²) in [5, 5.41) is 8.81. The Morgan fingerprint density at radius 3 is 2.88 bits per heavy atom. The summed E-state index contributed by atoms with van der Waals surface area (Å²) in [6.07, 6.45) is 2.89. The quantitative estimate of drug-likeness (QED) is 0.224. The van der Waals surface area contributed by atoms with E-state index in [2.05, 4.69) is 20.7 Å². The Morgan fingerprint density at radius 2 is 2.12 bits per heavy atom. The number of thioether (sulfide) groups is 1. The van der Waals surface area contributed by atoms with Crippen molar-refractivity contribution in [2.75, 3.05) is 30.4 Å². The van der Waals surface area contributed by atoms with E-state index in [0.29, 0.717) is 11.7 Å². The van der Waals surface area contributed by atoms with Crippen molar-refractivity contribution < 1.29 is 27.5 Å². The lowest BCUT2D eigenvalue weighted by Gasteiger charge is -2.16. The minimum absolute atomic E-state index is 0.0577. The molecule has 148 valence electrons. The molecule has 2 heterocycles. The van der Waals surface area contributed by atoms with Gasteiger partial charge in [0.1, 0.15) is 6.61 Å². The van der Waals surface area contributed by atoms with Crippen molar-refractivity contribution in [3.05, 3.63) is 0 Å². The standard InChI is InChI=1S/C15H25N3O6S2/c19-10-24-6-8-26(22,23)7-5-16-13(20)4-2-1-3-12-14-11(9-25-12)17-15(21)18-14/h10-12,14H,1-9H2,(H,16,20)(H2,17,18,21)/t11-,12-,14-/m0/s1. The molecule has 3 amide bonds. The summed E-state index contributed by atoms with van der Waals surface area (Å²) in [7, 11) is -3.34. The molecule has 0 saturated carbocycles. The zero-order valence-corrected chi connectivity index (χ0v) is 16.1. The number of unbranched alkanes of at least 4 members (excludes halogenated alkanes) is 1. The van der Waals surface area contributed by atoms with Gasteiger partial charge < -0.3 is 20.7 Å². The van der Waals surface area contributed by atoms with Gasteiger partial charge in [-0.05, 0) is 12.8 Å². The van der Waals surface area contributed by atoms with Crippen LogP contribution in [-0.4, -0.2) is 74.6 Å². The average molecular weight is 408 g/mol. The van der Waals surface area contributed by atoms with E-state index >= 15 is 0 Å². The minimum atomic E-state index is -3.34. The molecule has 26 heavy (non-hydrogen) atoms. The first-order valence-corrected chi connectivity index (χ1v) is 11.5. The van der Waals surface area contributed by atoms with Gasteiger partial charge in [0.05, 0.1) is 23.6 Å². The third-order valence-electron chi connectivity index (χ3n) is 4.40. The maximum Gasteiger partial charge on any atom is 0.315 e. The third-order valence-corrected chi connectivity index (χ3v) is 7.52. The van der Waals surface area contributed by atoms with Crippen molar-refractivity contribution in [2.45, 2.75) is 43.0 Å². The molecule has 2 saturated heterocycles. The van der Waals surface area contributed by atoms with Crippen LogP contribution in [0.2, 0.25) is 0 Å². The zero-order valence-electron chi connectivity index (χ0n) is 14.4. The molecule has 2 fully saturated rings. The Morgan fingerprint density at radius 1 is 1.31 bits per heavy atom. The second-order valence-corrected chi connectivity index (χ2v) is 9.91. The number of urea groups is 1. The van der Waals surface area contributed by atoms with Crippen molar-refractivity contribution in [3.63, 3.8) is 0 Å². The van der Waals surface area contributed by atoms with Crippen molar-refractivity contribution >= 4 is 40.0 Å². The van der Waals surface area contributed by atoms with Gasteiger partial charge in [-0.15, -0.1) is 0 Å². The highest BCUT2D eigenvalue weighted by Crippen LogP contribution is 2.33. The molecule has 0 aromatic rings. The molecular weight excluding hydrogens is 382 g/mol. The molecule has 0 aliphatic carbocycles. The Hall–Kier alpha value is -1.49. The molecule has 0 bridgehead atoms. The van der Waals surface area contributed by atoms with Crippen LogP contribution in [0.25, 0.3) is 0 Å². The highest BCUT2D eigenvalue weighted by Gasteiger charge is 2.42. The number of rotatable bonds is 12. The molecule has 0 aromatic carbocycles. The highest BCUT2D eigenvalue weighted by molar-refractivity contribution is 8.00. The number of sulfone groups is 1. The molecular formula is C15H25N3O6S2. The third kappa shape index (κ3) is 6.67. The van der Waals surface area contributed by atoms with Crippen molar-refractivity contribution in [1.29, 1.82) is 0 Å². The van der Waals surface area contributed by atoms with E-state index in [1.807, 2.05) is 11.8 Å². The lowest BCUT2D eigenvalue weighted by molar-refractivity contribution is -0.128. The second-order valence-electron chi connectivity index (χ2n) is 6.34. The SMILES string of the molecule is O=COCCS(=O)(=O)CCNC(=O)CCCC[C@@H]1SC[C@@H]2NC(=O)N[C@@H]21. The second kappa shape index (κ2) is 10.0. The predicted octanol–water partition coefficient (Wildman–Crippen LogP) is -0.584. The van der Waals surface area contributed by atoms with Crippen LogP contribution in [0.1, 0.15) is 25.7 Å². The lowest BCUT2D eigenvalue weighted by Crippen LogP contribution is -2.36. The van der Waals surface area contributed by atoms with Crippen LogP contribution in [0.5, 0.6) is 0 Å². The molecule has 0 unspecified atom stereocenters. The first kappa shape index (κ1) is 20.8. The summed E-state index contributed by atoms with van der Waals surface area (Å²) in [5.41, 5.74) is 0. The molecule has 3 N–H and O–H groups in total. The van der Waals surface area contributed by atoms with E-state index in [1.54, 1.807) is 0 Å². The van der Waals surface area contributed by atoms with Crippen LogP contribution in [-0.2, 0) is 24.2 Å². The Balaban J connectivity index is 1.53. The van der Waals surface area contributed by atoms with Gasteiger partial charge in [-0.3, -0.25) is 9.59 Å². The normalized spacial score (nSPS) is 24.5. The fourth-order valence-electron chi connectivity index (χ4n) is 3.03. The van der Waals surface area contributed by atoms with Gasteiger partial charge in [0.25, 0.3) is 6.47 Å². The molecule has 2 rings (SSSR count). The maximum atomic E-state index is 11.8. The van der Waals surface area contributed by atoms with Crippen molar-refractivity contribution in [1.82, 2.24) is 16.0 Å². The van der Waals surface area contributed by atoms with E-state index in [0.717, 1.165) is 25.0 Å².